The Morgan fingerprint density at radius 2 is 2.15 bits per heavy atom. The Hall–Kier alpha value is -2.23. The summed E-state index contributed by atoms with van der Waals surface area (Å²) in [5.41, 5.74) is 0.451. The van der Waals surface area contributed by atoms with Gasteiger partial charge in [-0.3, -0.25) is 4.79 Å². The Bertz CT molecular complexity index is 953. The van der Waals surface area contributed by atoms with Crippen molar-refractivity contribution in [3.05, 3.63) is 52.4 Å². The van der Waals surface area contributed by atoms with E-state index >= 15 is 0 Å². The summed E-state index contributed by atoms with van der Waals surface area (Å²) in [6.45, 7) is 1.68. The summed E-state index contributed by atoms with van der Waals surface area (Å²) in [6, 6.07) is 7.30. The monoisotopic (exact) mass is 412 g/mol. The lowest BCUT2D eigenvalue weighted by Gasteiger charge is -2.12. The number of carbonyl (C=O) groups is 1. The minimum atomic E-state index is -0.568. The SMILES string of the molecule is CC(Sc1nnnn1-c1cccc(F)c1)C(=O)Nc1ncc(Cl)cc1Cl. The number of halogens is 3. The molecule has 0 saturated heterocycles. The van der Waals surface area contributed by atoms with Crippen molar-refractivity contribution in [3.63, 3.8) is 0 Å². The van der Waals surface area contributed by atoms with Crippen LogP contribution in [0.25, 0.3) is 5.69 Å². The van der Waals surface area contributed by atoms with E-state index in [9.17, 15) is 9.18 Å². The Morgan fingerprint density at radius 1 is 1.35 bits per heavy atom. The molecule has 1 unspecified atom stereocenters. The molecule has 11 heteroatoms. The topological polar surface area (TPSA) is 85.6 Å². The lowest BCUT2D eigenvalue weighted by molar-refractivity contribution is -0.115. The van der Waals surface area contributed by atoms with E-state index in [1.54, 1.807) is 19.1 Å². The number of thioether (sulfide) groups is 1. The van der Waals surface area contributed by atoms with Gasteiger partial charge in [-0.2, -0.15) is 4.68 Å². The first-order valence-corrected chi connectivity index (χ1v) is 8.90. The van der Waals surface area contributed by atoms with Crippen LogP contribution in [0.1, 0.15) is 6.92 Å². The van der Waals surface area contributed by atoms with Gasteiger partial charge in [-0.25, -0.2) is 9.37 Å². The number of amides is 1. The first kappa shape index (κ1) is 18.6. The van der Waals surface area contributed by atoms with Gasteiger partial charge in [-0.05, 0) is 41.6 Å². The average Bonchev–Trinajstić information content (AvgIpc) is 3.05. The first-order valence-electron chi connectivity index (χ1n) is 7.27. The molecule has 1 atom stereocenters. The van der Waals surface area contributed by atoms with Gasteiger partial charge in [0, 0.05) is 6.20 Å². The quantitative estimate of drug-likeness (QED) is 0.643. The molecule has 1 amide bonds. The molecule has 1 aromatic carbocycles. The summed E-state index contributed by atoms with van der Waals surface area (Å²) in [7, 11) is 0. The molecule has 0 fully saturated rings. The summed E-state index contributed by atoms with van der Waals surface area (Å²) in [6.07, 6.45) is 1.38. The standard InChI is InChI=1S/C15H11Cl2FN6OS/c1-8(14(25)20-13-12(17)5-9(16)7-19-13)26-15-21-22-23-24(15)11-4-2-3-10(18)6-11/h2-8H,1H3,(H,19,20,25). The zero-order chi connectivity index (χ0) is 18.7. The lowest BCUT2D eigenvalue weighted by Crippen LogP contribution is -2.23. The predicted octanol–water partition coefficient (Wildman–Crippen LogP) is 3.62. The Balaban J connectivity index is 1.73. The van der Waals surface area contributed by atoms with E-state index in [0.717, 1.165) is 11.8 Å². The van der Waals surface area contributed by atoms with Crippen LogP contribution in [-0.4, -0.2) is 36.3 Å². The van der Waals surface area contributed by atoms with Gasteiger partial charge in [0.1, 0.15) is 5.82 Å². The molecule has 26 heavy (non-hydrogen) atoms. The molecule has 2 aromatic heterocycles. The average molecular weight is 413 g/mol. The number of benzene rings is 1. The van der Waals surface area contributed by atoms with Crippen LogP contribution < -0.4 is 5.32 Å². The van der Waals surface area contributed by atoms with Crippen LogP contribution in [0.4, 0.5) is 10.2 Å². The molecule has 0 spiro atoms. The number of carbonyl (C=O) groups excluding carboxylic acids is 1. The zero-order valence-electron chi connectivity index (χ0n) is 13.2. The fourth-order valence-electron chi connectivity index (χ4n) is 1.96. The third-order valence-corrected chi connectivity index (χ3v) is 4.72. The Labute approximate surface area is 161 Å². The zero-order valence-corrected chi connectivity index (χ0v) is 15.6. The molecule has 0 saturated carbocycles. The van der Waals surface area contributed by atoms with E-state index < -0.39 is 11.1 Å². The molecule has 134 valence electrons. The number of tetrazole rings is 1. The number of hydrogen-bond acceptors (Lipinski definition) is 6. The smallest absolute Gasteiger partial charge is 0.238 e. The summed E-state index contributed by atoms with van der Waals surface area (Å²) >= 11 is 12.9. The fraction of sp³-hybridized carbons (Fsp3) is 0.133. The normalized spacial score (nSPS) is 12.0. The van der Waals surface area contributed by atoms with Crippen LogP contribution >= 0.6 is 35.0 Å². The molecule has 0 radical (unpaired) electrons. The molecule has 3 rings (SSSR count). The van der Waals surface area contributed by atoms with Crippen LogP contribution in [0.5, 0.6) is 0 Å². The van der Waals surface area contributed by atoms with Crippen molar-refractivity contribution in [1.29, 1.82) is 0 Å². The van der Waals surface area contributed by atoms with E-state index in [4.69, 9.17) is 23.2 Å². The number of hydrogen-bond donors (Lipinski definition) is 1. The van der Waals surface area contributed by atoms with E-state index in [-0.39, 0.29) is 16.7 Å². The molecule has 7 nitrogen and oxygen atoms in total. The van der Waals surface area contributed by atoms with Crippen molar-refractivity contribution in [3.8, 4) is 5.69 Å². The van der Waals surface area contributed by atoms with Crippen LogP contribution in [0.15, 0.2) is 41.7 Å². The van der Waals surface area contributed by atoms with E-state index in [1.807, 2.05) is 0 Å². The van der Waals surface area contributed by atoms with Crippen molar-refractivity contribution in [2.75, 3.05) is 5.32 Å². The third kappa shape index (κ3) is 4.29. The van der Waals surface area contributed by atoms with Gasteiger partial charge in [-0.15, -0.1) is 5.10 Å². The second-order valence-electron chi connectivity index (χ2n) is 5.09. The van der Waals surface area contributed by atoms with Crippen molar-refractivity contribution in [2.24, 2.45) is 0 Å². The maximum Gasteiger partial charge on any atom is 0.238 e. The van der Waals surface area contributed by atoms with Gasteiger partial charge in [0.05, 0.1) is 21.0 Å². The van der Waals surface area contributed by atoms with Gasteiger partial charge in [0.25, 0.3) is 0 Å². The summed E-state index contributed by atoms with van der Waals surface area (Å²) in [5.74, 6) is -0.554. The maximum atomic E-state index is 13.4. The van der Waals surface area contributed by atoms with Crippen molar-refractivity contribution < 1.29 is 9.18 Å². The van der Waals surface area contributed by atoms with Gasteiger partial charge < -0.3 is 5.32 Å². The summed E-state index contributed by atoms with van der Waals surface area (Å²) in [5, 5.41) is 14.3. The second-order valence-corrected chi connectivity index (χ2v) is 7.24. The van der Waals surface area contributed by atoms with E-state index in [0.29, 0.717) is 15.9 Å². The van der Waals surface area contributed by atoms with Gasteiger partial charge >= 0.3 is 0 Å². The first-order chi connectivity index (χ1) is 12.4. The highest BCUT2D eigenvalue weighted by Crippen LogP contribution is 2.26. The molecule has 3 aromatic rings. The number of nitrogens with zero attached hydrogens (tertiary/aromatic N) is 5. The Kier molecular flexibility index (Phi) is 5.70. The lowest BCUT2D eigenvalue weighted by atomic mass is 10.3. The predicted molar refractivity (Wildman–Crippen MR) is 97.3 cm³/mol. The van der Waals surface area contributed by atoms with Crippen LogP contribution in [0.3, 0.4) is 0 Å². The maximum absolute atomic E-state index is 13.4. The largest absolute Gasteiger partial charge is 0.308 e. The van der Waals surface area contributed by atoms with Crippen LogP contribution in [0.2, 0.25) is 10.0 Å². The Morgan fingerprint density at radius 3 is 2.88 bits per heavy atom. The van der Waals surface area contributed by atoms with E-state index in [2.05, 4.69) is 25.8 Å². The van der Waals surface area contributed by atoms with Gasteiger partial charge in [0.2, 0.25) is 11.1 Å². The molecule has 0 bridgehead atoms. The minimum absolute atomic E-state index is 0.207. The summed E-state index contributed by atoms with van der Waals surface area (Å²) in [4.78, 5) is 16.4. The fourth-order valence-corrected chi connectivity index (χ4v) is 3.19. The molecule has 0 aliphatic heterocycles. The highest BCUT2D eigenvalue weighted by molar-refractivity contribution is 8.00. The number of aromatic nitrogens is 5. The van der Waals surface area contributed by atoms with Crippen molar-refractivity contribution in [2.45, 2.75) is 17.3 Å². The minimum Gasteiger partial charge on any atom is -0.308 e. The van der Waals surface area contributed by atoms with E-state index in [1.165, 1.54) is 29.1 Å². The summed E-state index contributed by atoms with van der Waals surface area (Å²) < 4.78 is 14.8. The van der Waals surface area contributed by atoms with Crippen LogP contribution in [-0.2, 0) is 4.79 Å². The number of anilines is 1. The third-order valence-electron chi connectivity index (χ3n) is 3.19. The second kappa shape index (κ2) is 7.98. The highest BCUT2D eigenvalue weighted by Gasteiger charge is 2.20. The molecule has 0 aliphatic rings. The van der Waals surface area contributed by atoms with Gasteiger partial charge in [0.15, 0.2) is 5.82 Å². The number of nitrogens with one attached hydrogen (secondary N) is 1. The molecule has 2 heterocycles. The van der Waals surface area contributed by atoms with Crippen LogP contribution in [0, 0.1) is 5.82 Å². The molecule has 0 aliphatic carbocycles. The number of rotatable bonds is 5. The molecular weight excluding hydrogens is 402 g/mol. The molecule has 1 N–H and O–H groups in total. The van der Waals surface area contributed by atoms with Crippen molar-refractivity contribution in [1.82, 2.24) is 25.2 Å². The number of pyridine rings is 1. The van der Waals surface area contributed by atoms with Crippen molar-refractivity contribution >= 4 is 46.7 Å². The van der Waals surface area contributed by atoms with Gasteiger partial charge in [-0.1, -0.05) is 41.0 Å². The highest BCUT2D eigenvalue weighted by atomic mass is 35.5. The molecular formula is C15H11Cl2FN6OS.